The Hall–Kier alpha value is -2.13. The SMILES string of the molecule is COc1ccc(C(NC(=O)CSc2nnc(N(C(C)=O)C3CC3)s2)C(C)C)cc1. The van der Waals surface area contributed by atoms with E-state index in [4.69, 9.17) is 4.74 Å². The van der Waals surface area contributed by atoms with Gasteiger partial charge in [-0.3, -0.25) is 14.5 Å². The van der Waals surface area contributed by atoms with Crippen molar-refractivity contribution in [3.63, 3.8) is 0 Å². The molecule has 0 bridgehead atoms. The summed E-state index contributed by atoms with van der Waals surface area (Å²) in [6.45, 7) is 5.70. The summed E-state index contributed by atoms with van der Waals surface area (Å²) in [6, 6.07) is 7.91. The van der Waals surface area contributed by atoms with Crippen LogP contribution in [-0.2, 0) is 9.59 Å². The first-order valence-electron chi connectivity index (χ1n) is 9.58. The molecule has 1 heterocycles. The van der Waals surface area contributed by atoms with Crippen molar-refractivity contribution in [1.82, 2.24) is 15.5 Å². The Morgan fingerprint density at radius 1 is 1.28 bits per heavy atom. The van der Waals surface area contributed by atoms with E-state index in [0.29, 0.717) is 9.47 Å². The molecule has 156 valence electrons. The summed E-state index contributed by atoms with van der Waals surface area (Å²) in [5.41, 5.74) is 1.04. The molecular weight excluding hydrogens is 408 g/mol. The largest absolute Gasteiger partial charge is 0.497 e. The van der Waals surface area contributed by atoms with Crippen molar-refractivity contribution in [2.45, 2.75) is 50.0 Å². The number of methoxy groups -OCH3 is 1. The van der Waals surface area contributed by atoms with E-state index in [0.717, 1.165) is 24.2 Å². The topological polar surface area (TPSA) is 84.4 Å². The van der Waals surface area contributed by atoms with Crippen molar-refractivity contribution < 1.29 is 14.3 Å². The number of amides is 2. The first-order chi connectivity index (χ1) is 13.9. The molecule has 9 heteroatoms. The minimum atomic E-state index is -0.0814. The van der Waals surface area contributed by atoms with Crippen LogP contribution in [-0.4, -0.2) is 40.9 Å². The lowest BCUT2D eigenvalue weighted by Gasteiger charge is -2.23. The fourth-order valence-electron chi connectivity index (χ4n) is 3.03. The second-order valence-corrected chi connectivity index (χ2v) is 9.50. The molecule has 1 aromatic heterocycles. The van der Waals surface area contributed by atoms with Crippen LogP contribution >= 0.6 is 23.1 Å². The molecule has 0 saturated heterocycles. The predicted molar refractivity (Wildman–Crippen MR) is 116 cm³/mol. The molecule has 3 rings (SSSR count). The monoisotopic (exact) mass is 434 g/mol. The summed E-state index contributed by atoms with van der Waals surface area (Å²) in [7, 11) is 1.63. The van der Waals surface area contributed by atoms with Gasteiger partial charge in [0.15, 0.2) is 4.34 Å². The van der Waals surface area contributed by atoms with Crippen LogP contribution in [0.15, 0.2) is 28.6 Å². The standard InChI is InChI=1S/C20H26N4O3S2/c1-12(2)18(14-5-9-16(27-4)10-6-14)21-17(26)11-28-20-23-22-19(29-20)24(13(3)25)15-7-8-15/h5-6,9-10,12,15,18H,7-8,11H2,1-4H3,(H,21,26). The Balaban J connectivity index is 1.57. The van der Waals surface area contributed by atoms with Gasteiger partial charge in [0.1, 0.15) is 5.75 Å². The number of thioether (sulfide) groups is 1. The summed E-state index contributed by atoms with van der Waals surface area (Å²) in [5, 5.41) is 12.0. The molecule has 1 atom stereocenters. The number of benzene rings is 1. The molecule has 0 radical (unpaired) electrons. The van der Waals surface area contributed by atoms with Crippen LogP contribution in [0.2, 0.25) is 0 Å². The van der Waals surface area contributed by atoms with Gasteiger partial charge >= 0.3 is 0 Å². The highest BCUT2D eigenvalue weighted by Gasteiger charge is 2.34. The lowest BCUT2D eigenvalue weighted by Crippen LogP contribution is -2.32. The molecule has 1 N–H and O–H groups in total. The number of nitrogens with one attached hydrogen (secondary N) is 1. The van der Waals surface area contributed by atoms with Gasteiger partial charge in [-0.2, -0.15) is 0 Å². The van der Waals surface area contributed by atoms with E-state index in [2.05, 4.69) is 29.4 Å². The maximum absolute atomic E-state index is 12.5. The average molecular weight is 435 g/mol. The van der Waals surface area contributed by atoms with E-state index in [9.17, 15) is 9.59 Å². The van der Waals surface area contributed by atoms with E-state index in [1.54, 1.807) is 18.9 Å². The third kappa shape index (κ3) is 5.70. The number of anilines is 1. The Labute approximate surface area is 179 Å². The molecule has 1 fully saturated rings. The maximum atomic E-state index is 12.5. The van der Waals surface area contributed by atoms with Gasteiger partial charge in [-0.05, 0) is 36.5 Å². The second kappa shape index (κ2) is 9.58. The lowest BCUT2D eigenvalue weighted by atomic mass is 9.96. The van der Waals surface area contributed by atoms with E-state index in [-0.39, 0.29) is 35.6 Å². The predicted octanol–water partition coefficient (Wildman–Crippen LogP) is 3.67. The van der Waals surface area contributed by atoms with Gasteiger partial charge in [-0.15, -0.1) is 10.2 Å². The highest BCUT2D eigenvalue weighted by atomic mass is 32.2. The molecule has 7 nitrogen and oxygen atoms in total. The number of carbonyl (C=O) groups excluding carboxylic acids is 2. The molecule has 2 amide bonds. The van der Waals surface area contributed by atoms with Gasteiger partial charge in [0, 0.05) is 13.0 Å². The number of hydrogen-bond donors (Lipinski definition) is 1. The van der Waals surface area contributed by atoms with Crippen LogP contribution in [0.25, 0.3) is 0 Å². The molecule has 2 aromatic rings. The van der Waals surface area contributed by atoms with E-state index in [1.165, 1.54) is 23.1 Å². The van der Waals surface area contributed by atoms with Crippen molar-refractivity contribution in [1.29, 1.82) is 0 Å². The number of carbonyl (C=O) groups is 2. The van der Waals surface area contributed by atoms with Crippen LogP contribution in [0.1, 0.15) is 45.2 Å². The van der Waals surface area contributed by atoms with E-state index in [1.807, 2.05) is 24.3 Å². The molecule has 1 aliphatic carbocycles. The molecular formula is C20H26N4O3S2. The summed E-state index contributed by atoms with van der Waals surface area (Å²) in [4.78, 5) is 26.1. The zero-order chi connectivity index (χ0) is 21.0. The maximum Gasteiger partial charge on any atom is 0.230 e. The molecule has 0 spiro atoms. The van der Waals surface area contributed by atoms with Gasteiger partial charge in [0.05, 0.1) is 18.9 Å². The summed E-state index contributed by atoms with van der Waals surface area (Å²) in [6.07, 6.45) is 2.01. The Bertz CT molecular complexity index is 850. The number of rotatable bonds is 9. The van der Waals surface area contributed by atoms with Gasteiger partial charge < -0.3 is 10.1 Å². The minimum Gasteiger partial charge on any atom is -0.497 e. The van der Waals surface area contributed by atoms with Gasteiger partial charge in [0.25, 0.3) is 0 Å². The Kier molecular flexibility index (Phi) is 7.13. The first kappa shape index (κ1) is 21.6. The Morgan fingerprint density at radius 3 is 2.52 bits per heavy atom. The lowest BCUT2D eigenvalue weighted by molar-refractivity contribution is -0.119. The third-order valence-electron chi connectivity index (χ3n) is 4.64. The Morgan fingerprint density at radius 2 is 1.97 bits per heavy atom. The van der Waals surface area contributed by atoms with E-state index >= 15 is 0 Å². The number of nitrogens with zero attached hydrogens (tertiary/aromatic N) is 3. The molecule has 0 aliphatic heterocycles. The third-order valence-corrected chi connectivity index (χ3v) is 6.69. The smallest absolute Gasteiger partial charge is 0.230 e. The molecule has 1 unspecified atom stereocenters. The zero-order valence-electron chi connectivity index (χ0n) is 17.0. The van der Waals surface area contributed by atoms with Crippen LogP contribution < -0.4 is 15.0 Å². The summed E-state index contributed by atoms with van der Waals surface area (Å²) in [5.74, 6) is 1.20. The summed E-state index contributed by atoms with van der Waals surface area (Å²) >= 11 is 2.70. The average Bonchev–Trinajstić information content (AvgIpc) is 3.41. The highest BCUT2D eigenvalue weighted by molar-refractivity contribution is 8.01. The van der Waals surface area contributed by atoms with Gasteiger partial charge in [-0.1, -0.05) is 49.1 Å². The number of hydrogen-bond acceptors (Lipinski definition) is 7. The minimum absolute atomic E-state index is 0.0165. The van der Waals surface area contributed by atoms with Crippen molar-refractivity contribution >= 4 is 40.0 Å². The molecule has 1 aromatic carbocycles. The quantitative estimate of drug-likeness (QED) is 0.479. The number of ether oxygens (including phenoxy) is 1. The molecule has 1 aliphatic rings. The molecule has 29 heavy (non-hydrogen) atoms. The second-order valence-electron chi connectivity index (χ2n) is 7.32. The van der Waals surface area contributed by atoms with Crippen LogP contribution in [0.5, 0.6) is 5.75 Å². The van der Waals surface area contributed by atoms with Crippen molar-refractivity contribution in [2.75, 3.05) is 17.8 Å². The van der Waals surface area contributed by atoms with Crippen LogP contribution in [0.4, 0.5) is 5.13 Å². The van der Waals surface area contributed by atoms with E-state index < -0.39 is 0 Å². The summed E-state index contributed by atoms with van der Waals surface area (Å²) < 4.78 is 5.89. The van der Waals surface area contributed by atoms with Crippen LogP contribution in [0, 0.1) is 5.92 Å². The fourth-order valence-corrected chi connectivity index (χ4v) is 4.80. The fraction of sp³-hybridized carbons (Fsp3) is 0.500. The van der Waals surface area contributed by atoms with Gasteiger partial charge in [0.2, 0.25) is 16.9 Å². The first-order valence-corrected chi connectivity index (χ1v) is 11.4. The zero-order valence-corrected chi connectivity index (χ0v) is 18.7. The van der Waals surface area contributed by atoms with Gasteiger partial charge in [-0.25, -0.2) is 0 Å². The normalized spacial score (nSPS) is 14.5. The number of aromatic nitrogens is 2. The van der Waals surface area contributed by atoms with Crippen molar-refractivity contribution in [2.24, 2.45) is 5.92 Å². The highest BCUT2D eigenvalue weighted by Crippen LogP contribution is 2.35. The van der Waals surface area contributed by atoms with Crippen molar-refractivity contribution in [3.8, 4) is 5.75 Å². The van der Waals surface area contributed by atoms with Crippen molar-refractivity contribution in [3.05, 3.63) is 29.8 Å². The molecule has 1 saturated carbocycles. The van der Waals surface area contributed by atoms with Crippen LogP contribution in [0.3, 0.4) is 0 Å².